The van der Waals surface area contributed by atoms with E-state index in [2.05, 4.69) is 15.5 Å². The van der Waals surface area contributed by atoms with Gasteiger partial charge in [0.25, 0.3) is 0 Å². The second-order valence-electron chi connectivity index (χ2n) is 3.60. The molecule has 1 aromatic rings. The molecule has 0 bridgehead atoms. The number of nitrogens with zero attached hydrogens (tertiary/aromatic N) is 1. The van der Waals surface area contributed by atoms with E-state index in [4.69, 9.17) is 5.11 Å². The Labute approximate surface area is 81.5 Å². The van der Waals surface area contributed by atoms with Gasteiger partial charge in [0.05, 0.1) is 6.20 Å². The third-order valence-electron chi connectivity index (χ3n) is 2.69. The lowest BCUT2D eigenvalue weighted by Gasteiger charge is -2.26. The molecular formula is C9H13N3O2. The number of carboxylic acids is 1. The van der Waals surface area contributed by atoms with Gasteiger partial charge >= 0.3 is 5.97 Å². The first kappa shape index (κ1) is 9.21. The zero-order valence-corrected chi connectivity index (χ0v) is 7.73. The largest absolute Gasteiger partial charge is 0.480 e. The maximum Gasteiger partial charge on any atom is 0.320 e. The third-order valence-corrected chi connectivity index (χ3v) is 2.69. The first-order chi connectivity index (χ1) is 6.77. The van der Waals surface area contributed by atoms with Gasteiger partial charge in [0.1, 0.15) is 6.04 Å². The van der Waals surface area contributed by atoms with E-state index in [0.29, 0.717) is 12.3 Å². The molecule has 5 nitrogen and oxygen atoms in total. The van der Waals surface area contributed by atoms with Gasteiger partial charge in [0, 0.05) is 6.20 Å². The van der Waals surface area contributed by atoms with E-state index < -0.39 is 12.0 Å². The van der Waals surface area contributed by atoms with E-state index in [1.165, 1.54) is 0 Å². The number of carbonyl (C=O) groups is 1. The average molecular weight is 195 g/mol. The van der Waals surface area contributed by atoms with Crippen molar-refractivity contribution in [1.29, 1.82) is 0 Å². The molecule has 0 aromatic carbocycles. The summed E-state index contributed by atoms with van der Waals surface area (Å²) in [6.45, 7) is 0.757. The smallest absolute Gasteiger partial charge is 0.320 e. The lowest BCUT2D eigenvalue weighted by molar-refractivity contribution is -0.140. The van der Waals surface area contributed by atoms with Crippen LogP contribution in [0, 0.1) is 0 Å². The van der Waals surface area contributed by atoms with Crippen LogP contribution in [0.1, 0.15) is 24.3 Å². The van der Waals surface area contributed by atoms with Crippen molar-refractivity contribution < 1.29 is 9.90 Å². The van der Waals surface area contributed by atoms with E-state index in [0.717, 1.165) is 18.5 Å². The summed E-state index contributed by atoms with van der Waals surface area (Å²) < 4.78 is 0. The number of hydrogen-bond donors (Lipinski definition) is 3. The van der Waals surface area contributed by atoms with Crippen LogP contribution in [-0.2, 0) is 4.79 Å². The molecule has 76 valence electrons. The first-order valence-corrected chi connectivity index (χ1v) is 4.72. The fourth-order valence-corrected chi connectivity index (χ4v) is 1.89. The van der Waals surface area contributed by atoms with Gasteiger partial charge in [-0.1, -0.05) is 0 Å². The van der Waals surface area contributed by atoms with Crippen molar-refractivity contribution in [2.45, 2.75) is 24.8 Å². The summed E-state index contributed by atoms with van der Waals surface area (Å²) in [6, 6.07) is -0.413. The van der Waals surface area contributed by atoms with Crippen molar-refractivity contribution in [3.05, 3.63) is 18.0 Å². The SMILES string of the molecule is O=C(O)C1CC(c2cn[nH]c2)CCN1. The minimum absolute atomic E-state index is 0.316. The summed E-state index contributed by atoms with van der Waals surface area (Å²) in [5.41, 5.74) is 1.11. The highest BCUT2D eigenvalue weighted by Crippen LogP contribution is 2.26. The molecule has 2 atom stereocenters. The normalized spacial score (nSPS) is 27.4. The average Bonchev–Trinajstić information content (AvgIpc) is 2.71. The van der Waals surface area contributed by atoms with Crippen LogP contribution in [0.3, 0.4) is 0 Å². The molecule has 3 N–H and O–H groups in total. The van der Waals surface area contributed by atoms with E-state index in [1.807, 2.05) is 6.20 Å². The molecule has 0 spiro atoms. The van der Waals surface area contributed by atoms with E-state index in [1.54, 1.807) is 6.20 Å². The monoisotopic (exact) mass is 195 g/mol. The molecule has 2 unspecified atom stereocenters. The zero-order chi connectivity index (χ0) is 9.97. The second-order valence-corrected chi connectivity index (χ2v) is 3.60. The van der Waals surface area contributed by atoms with Gasteiger partial charge in [-0.2, -0.15) is 5.10 Å². The highest BCUT2D eigenvalue weighted by Gasteiger charge is 2.27. The molecule has 1 fully saturated rings. The van der Waals surface area contributed by atoms with Crippen molar-refractivity contribution >= 4 is 5.97 Å². The van der Waals surface area contributed by atoms with Gasteiger partial charge < -0.3 is 10.4 Å². The van der Waals surface area contributed by atoms with Gasteiger partial charge in [0.15, 0.2) is 0 Å². The quantitative estimate of drug-likeness (QED) is 0.635. The molecule has 1 aliphatic rings. The molecule has 1 aromatic heterocycles. The van der Waals surface area contributed by atoms with Crippen LogP contribution in [0.25, 0.3) is 0 Å². The van der Waals surface area contributed by atoms with Gasteiger partial charge in [-0.15, -0.1) is 0 Å². The number of carboxylic acid groups (broad SMARTS) is 1. The van der Waals surface area contributed by atoms with Crippen LogP contribution >= 0.6 is 0 Å². The molecule has 5 heteroatoms. The van der Waals surface area contributed by atoms with Gasteiger partial charge in [-0.25, -0.2) is 0 Å². The molecule has 0 amide bonds. The number of nitrogens with one attached hydrogen (secondary N) is 2. The number of H-pyrrole nitrogens is 1. The lowest BCUT2D eigenvalue weighted by Crippen LogP contribution is -2.42. The number of hydrogen-bond acceptors (Lipinski definition) is 3. The van der Waals surface area contributed by atoms with Crippen molar-refractivity contribution in [3.63, 3.8) is 0 Å². The Morgan fingerprint density at radius 3 is 3.14 bits per heavy atom. The Morgan fingerprint density at radius 2 is 2.50 bits per heavy atom. The Kier molecular flexibility index (Phi) is 2.49. The maximum atomic E-state index is 10.8. The van der Waals surface area contributed by atoms with Gasteiger partial charge in [0.2, 0.25) is 0 Å². The van der Waals surface area contributed by atoms with E-state index in [-0.39, 0.29) is 0 Å². The van der Waals surface area contributed by atoms with Crippen molar-refractivity contribution in [1.82, 2.24) is 15.5 Å². The fourth-order valence-electron chi connectivity index (χ4n) is 1.89. The van der Waals surface area contributed by atoms with Crippen LogP contribution in [0.15, 0.2) is 12.4 Å². The lowest BCUT2D eigenvalue weighted by atomic mass is 9.88. The van der Waals surface area contributed by atoms with Crippen molar-refractivity contribution in [3.8, 4) is 0 Å². The Hall–Kier alpha value is -1.36. The highest BCUT2D eigenvalue weighted by atomic mass is 16.4. The molecule has 2 rings (SSSR count). The maximum absolute atomic E-state index is 10.8. The molecule has 0 aliphatic carbocycles. The fraction of sp³-hybridized carbons (Fsp3) is 0.556. The topological polar surface area (TPSA) is 78.0 Å². The van der Waals surface area contributed by atoms with Crippen LogP contribution in [0.2, 0.25) is 0 Å². The van der Waals surface area contributed by atoms with Crippen molar-refractivity contribution in [2.75, 3.05) is 6.54 Å². The summed E-state index contributed by atoms with van der Waals surface area (Å²) in [6.07, 6.45) is 5.24. The Morgan fingerprint density at radius 1 is 1.64 bits per heavy atom. The number of piperidine rings is 1. The molecule has 0 saturated carbocycles. The standard InChI is InChI=1S/C9H13N3O2/c13-9(14)8-3-6(1-2-10-8)7-4-11-12-5-7/h4-6,8,10H,1-3H2,(H,11,12)(H,13,14). The highest BCUT2D eigenvalue weighted by molar-refractivity contribution is 5.73. The summed E-state index contributed by atoms with van der Waals surface area (Å²) in [5, 5.41) is 18.5. The molecule has 1 aliphatic heterocycles. The summed E-state index contributed by atoms with van der Waals surface area (Å²) in [5.74, 6) is -0.450. The van der Waals surface area contributed by atoms with Gasteiger partial charge in [-0.3, -0.25) is 9.89 Å². The molecule has 2 heterocycles. The number of rotatable bonds is 2. The molecule has 0 radical (unpaired) electrons. The first-order valence-electron chi connectivity index (χ1n) is 4.72. The van der Waals surface area contributed by atoms with Gasteiger partial charge in [-0.05, 0) is 30.9 Å². The van der Waals surface area contributed by atoms with E-state index in [9.17, 15) is 4.79 Å². The third kappa shape index (κ3) is 1.77. The van der Waals surface area contributed by atoms with Crippen LogP contribution in [-0.4, -0.2) is 33.9 Å². The number of aromatic amines is 1. The number of aromatic nitrogens is 2. The predicted molar refractivity (Wildman–Crippen MR) is 50.0 cm³/mol. The predicted octanol–water partition coefficient (Wildman–Crippen LogP) is 0.330. The minimum atomic E-state index is -0.766. The number of aliphatic carboxylic acids is 1. The van der Waals surface area contributed by atoms with Crippen molar-refractivity contribution in [2.24, 2.45) is 0 Å². The van der Waals surface area contributed by atoms with E-state index >= 15 is 0 Å². The summed E-state index contributed by atoms with van der Waals surface area (Å²) in [7, 11) is 0. The summed E-state index contributed by atoms with van der Waals surface area (Å²) in [4.78, 5) is 10.8. The Balaban J connectivity index is 2.04. The zero-order valence-electron chi connectivity index (χ0n) is 7.73. The molecule has 1 saturated heterocycles. The molecular weight excluding hydrogens is 182 g/mol. The van der Waals surface area contributed by atoms with Crippen LogP contribution in [0.5, 0.6) is 0 Å². The van der Waals surface area contributed by atoms with Crippen LogP contribution < -0.4 is 5.32 Å². The molecule has 14 heavy (non-hydrogen) atoms. The second kappa shape index (κ2) is 3.79. The Bertz CT molecular complexity index is 310. The summed E-state index contributed by atoms with van der Waals surface area (Å²) >= 11 is 0. The van der Waals surface area contributed by atoms with Crippen LogP contribution in [0.4, 0.5) is 0 Å². The minimum Gasteiger partial charge on any atom is -0.480 e.